The number of nitrogens with one attached hydrogen (secondary N) is 2. The van der Waals surface area contributed by atoms with Crippen LogP contribution in [0, 0.1) is 18.2 Å². The maximum Gasteiger partial charge on any atom is 0.433 e. The zero-order chi connectivity index (χ0) is 25.8. The molecule has 0 bridgehead atoms. The van der Waals surface area contributed by atoms with Crippen LogP contribution in [0.4, 0.5) is 23.2 Å². The molecule has 0 atom stereocenters. The minimum Gasteiger partial charge on any atom is -0.348 e. The Bertz CT molecular complexity index is 1430. The van der Waals surface area contributed by atoms with Crippen molar-refractivity contribution in [3.8, 4) is 23.6 Å². The number of rotatable bonds is 7. The Labute approximate surface area is 202 Å². The second-order valence-corrected chi connectivity index (χ2v) is 9.74. The summed E-state index contributed by atoms with van der Waals surface area (Å²) in [5.74, 6) is 0.665. The lowest BCUT2D eigenvalue weighted by Crippen LogP contribution is -2.21. The molecular formula is C23H17F4N3O3S2. The zero-order valence-corrected chi connectivity index (χ0v) is 19.6. The minimum absolute atomic E-state index is 0.0496. The van der Waals surface area contributed by atoms with Gasteiger partial charge >= 0.3 is 6.18 Å². The fraction of sp³-hybridized carbons (Fsp3) is 0.130. The topological polar surface area (TPSA) is 88.2 Å². The Morgan fingerprint density at radius 2 is 2.00 bits per heavy atom. The number of hydrogen-bond donors (Lipinski definition) is 2. The van der Waals surface area contributed by atoms with E-state index in [1.807, 2.05) is 4.72 Å². The van der Waals surface area contributed by atoms with E-state index in [1.54, 1.807) is 16.8 Å². The molecular weight excluding hydrogens is 506 g/mol. The summed E-state index contributed by atoms with van der Waals surface area (Å²) in [6.07, 6.45) is 4.00. The number of carbonyl (C=O) groups excluding carboxylic acids is 1. The number of terminal acetylenes is 1. The number of pyridine rings is 1. The maximum atomic E-state index is 14.4. The van der Waals surface area contributed by atoms with Crippen molar-refractivity contribution >= 4 is 39.0 Å². The monoisotopic (exact) mass is 523 g/mol. The van der Waals surface area contributed by atoms with Crippen LogP contribution in [-0.4, -0.2) is 25.6 Å². The average molecular weight is 524 g/mol. The Kier molecular flexibility index (Phi) is 7.62. The highest BCUT2D eigenvalue weighted by molar-refractivity contribution is 7.92. The first-order valence-corrected chi connectivity index (χ1v) is 12.5. The van der Waals surface area contributed by atoms with Crippen LogP contribution in [-0.2, 0) is 27.5 Å². The summed E-state index contributed by atoms with van der Waals surface area (Å²) >= 11 is 1.29. The number of carbonyl (C=O) groups is 1. The Balaban J connectivity index is 1.77. The molecule has 0 fully saturated rings. The second-order valence-electron chi connectivity index (χ2n) is 7.21. The van der Waals surface area contributed by atoms with E-state index >= 15 is 0 Å². The van der Waals surface area contributed by atoms with Gasteiger partial charge in [-0.25, -0.2) is 17.8 Å². The van der Waals surface area contributed by atoms with Gasteiger partial charge in [-0.05, 0) is 41.3 Å². The molecule has 0 saturated carbocycles. The molecule has 0 aliphatic rings. The summed E-state index contributed by atoms with van der Waals surface area (Å²) in [5.41, 5.74) is -0.372. The van der Waals surface area contributed by atoms with Gasteiger partial charge in [0, 0.05) is 29.1 Å². The van der Waals surface area contributed by atoms with Gasteiger partial charge in [0.2, 0.25) is 15.9 Å². The van der Waals surface area contributed by atoms with Crippen molar-refractivity contribution in [1.29, 1.82) is 0 Å². The van der Waals surface area contributed by atoms with Crippen LogP contribution >= 0.6 is 11.3 Å². The van der Waals surface area contributed by atoms with Gasteiger partial charge in [0.25, 0.3) is 0 Å². The van der Waals surface area contributed by atoms with Gasteiger partial charge in [-0.1, -0.05) is 12.0 Å². The number of anilines is 1. The first-order valence-electron chi connectivity index (χ1n) is 9.71. The lowest BCUT2D eigenvalue weighted by Gasteiger charge is -2.11. The van der Waals surface area contributed by atoms with Crippen LogP contribution in [0.5, 0.6) is 0 Å². The van der Waals surface area contributed by atoms with Gasteiger partial charge in [-0.2, -0.15) is 24.5 Å². The van der Waals surface area contributed by atoms with Crippen LogP contribution in [0.1, 0.15) is 22.4 Å². The van der Waals surface area contributed by atoms with E-state index in [1.165, 1.54) is 29.5 Å². The van der Waals surface area contributed by atoms with Crippen molar-refractivity contribution in [3.05, 3.63) is 75.4 Å². The van der Waals surface area contributed by atoms with Crippen LogP contribution in [0.15, 0.2) is 47.2 Å². The highest BCUT2D eigenvalue weighted by atomic mass is 32.2. The quantitative estimate of drug-likeness (QED) is 0.268. The molecule has 6 nitrogen and oxygen atoms in total. The number of aromatic nitrogens is 1. The molecule has 1 aromatic carbocycles. The summed E-state index contributed by atoms with van der Waals surface area (Å²) in [7, 11) is -3.77. The third-order valence-corrected chi connectivity index (χ3v) is 5.74. The van der Waals surface area contributed by atoms with Crippen molar-refractivity contribution in [2.75, 3.05) is 11.0 Å². The predicted molar refractivity (Wildman–Crippen MR) is 126 cm³/mol. The van der Waals surface area contributed by atoms with E-state index in [0.29, 0.717) is 11.1 Å². The van der Waals surface area contributed by atoms with Crippen molar-refractivity contribution < 1.29 is 30.8 Å². The van der Waals surface area contributed by atoms with Crippen LogP contribution in [0.3, 0.4) is 0 Å². The van der Waals surface area contributed by atoms with Gasteiger partial charge in [-0.15, -0.1) is 6.42 Å². The number of amides is 1. The van der Waals surface area contributed by atoms with Gasteiger partial charge in [0.1, 0.15) is 11.5 Å². The van der Waals surface area contributed by atoms with E-state index in [9.17, 15) is 30.8 Å². The summed E-state index contributed by atoms with van der Waals surface area (Å²) in [6.45, 7) is -0.142. The van der Waals surface area contributed by atoms with Gasteiger partial charge in [0.05, 0.1) is 23.2 Å². The highest BCUT2D eigenvalue weighted by Crippen LogP contribution is 2.32. The summed E-state index contributed by atoms with van der Waals surface area (Å²) in [4.78, 5) is 16.0. The molecule has 12 heteroatoms. The van der Waals surface area contributed by atoms with Gasteiger partial charge in [0.15, 0.2) is 0 Å². The normalized spacial score (nSPS) is 11.9. The smallest absolute Gasteiger partial charge is 0.348 e. The Hall–Kier alpha value is -3.69. The molecule has 3 aromatic rings. The zero-order valence-electron chi connectivity index (χ0n) is 18.0. The van der Waals surface area contributed by atoms with E-state index < -0.39 is 33.6 Å². The number of thiophene rings is 1. The molecule has 0 spiro atoms. The predicted octanol–water partition coefficient (Wildman–Crippen LogP) is 4.65. The van der Waals surface area contributed by atoms with Crippen LogP contribution < -0.4 is 10.0 Å². The Morgan fingerprint density at radius 1 is 1.26 bits per heavy atom. The van der Waals surface area contributed by atoms with Crippen molar-refractivity contribution in [2.45, 2.75) is 12.7 Å². The van der Waals surface area contributed by atoms with E-state index in [4.69, 9.17) is 6.42 Å². The summed E-state index contributed by atoms with van der Waals surface area (Å²) < 4.78 is 78.5. The minimum atomic E-state index is -4.62. The lowest BCUT2D eigenvalue weighted by atomic mass is 10.1. The number of alkyl halides is 3. The fourth-order valence-electron chi connectivity index (χ4n) is 2.97. The van der Waals surface area contributed by atoms with Gasteiger partial charge < -0.3 is 5.32 Å². The first kappa shape index (κ1) is 25.9. The molecule has 0 unspecified atom stereocenters. The van der Waals surface area contributed by atoms with Crippen molar-refractivity contribution in [1.82, 2.24) is 10.3 Å². The van der Waals surface area contributed by atoms with Crippen molar-refractivity contribution in [3.63, 3.8) is 0 Å². The number of hydrogen-bond acceptors (Lipinski definition) is 5. The lowest BCUT2D eigenvalue weighted by molar-refractivity contribution is -0.141. The molecule has 0 aliphatic carbocycles. The molecule has 2 heterocycles. The van der Waals surface area contributed by atoms with E-state index in [-0.39, 0.29) is 29.1 Å². The van der Waals surface area contributed by atoms with Gasteiger partial charge in [-0.3, -0.25) is 9.52 Å². The number of benzene rings is 1. The maximum absolute atomic E-state index is 14.4. The molecule has 0 radical (unpaired) electrons. The molecule has 0 aliphatic heterocycles. The standard InChI is InChI=1S/C23H17F4N3O3S2/c1-3-15-10-14(11-18(24)22(15)30-35(2,32)33)12-28-20(31)7-5-16-4-6-19(23(25,26)27)29-21(16)17-8-9-34-13-17/h1,4-11,13,30H,12H2,2H3,(H,28,31)/b7-5-. The molecule has 0 saturated heterocycles. The SMILES string of the molecule is C#Cc1cc(CNC(=O)/C=C\c2ccc(C(F)(F)F)nc2-c2ccsc2)cc(F)c1NS(C)(=O)=O. The first-order chi connectivity index (χ1) is 16.4. The third-order valence-electron chi connectivity index (χ3n) is 4.49. The molecule has 182 valence electrons. The average Bonchev–Trinajstić information content (AvgIpc) is 3.31. The highest BCUT2D eigenvalue weighted by Gasteiger charge is 2.33. The van der Waals surface area contributed by atoms with Crippen molar-refractivity contribution in [2.24, 2.45) is 0 Å². The summed E-state index contributed by atoms with van der Waals surface area (Å²) in [5, 5.41) is 5.84. The Morgan fingerprint density at radius 3 is 2.60 bits per heavy atom. The molecule has 3 rings (SSSR count). The number of nitrogens with zero attached hydrogens (tertiary/aromatic N) is 1. The largest absolute Gasteiger partial charge is 0.433 e. The molecule has 35 heavy (non-hydrogen) atoms. The van der Waals surface area contributed by atoms with Crippen LogP contribution in [0.2, 0.25) is 0 Å². The number of halogens is 4. The van der Waals surface area contributed by atoms with Crippen LogP contribution in [0.25, 0.3) is 17.3 Å². The van der Waals surface area contributed by atoms with E-state index in [0.717, 1.165) is 24.5 Å². The number of sulfonamides is 1. The second kappa shape index (κ2) is 10.3. The fourth-order valence-corrected chi connectivity index (χ4v) is 4.19. The molecule has 1 amide bonds. The van der Waals surface area contributed by atoms with E-state index in [2.05, 4.69) is 16.2 Å². The molecule has 2 aromatic heterocycles. The third kappa shape index (κ3) is 6.91. The molecule has 2 N–H and O–H groups in total. The summed E-state index contributed by atoms with van der Waals surface area (Å²) in [6, 6.07) is 6.02.